The van der Waals surface area contributed by atoms with Crippen LogP contribution >= 0.6 is 0 Å². The fourth-order valence-corrected chi connectivity index (χ4v) is 2.70. The molecule has 1 heterocycles. The summed E-state index contributed by atoms with van der Waals surface area (Å²) in [5.74, 6) is 0. The van der Waals surface area contributed by atoms with Crippen LogP contribution in [0.15, 0.2) is 0 Å². The number of morpholine rings is 1. The van der Waals surface area contributed by atoms with Crippen molar-refractivity contribution in [3.63, 3.8) is 0 Å². The van der Waals surface area contributed by atoms with E-state index in [1.165, 1.54) is 25.7 Å². The van der Waals surface area contributed by atoms with Crippen LogP contribution in [-0.2, 0) is 4.74 Å². The average molecular weight is 198 g/mol. The van der Waals surface area contributed by atoms with Crippen molar-refractivity contribution in [3.05, 3.63) is 0 Å². The van der Waals surface area contributed by atoms with Gasteiger partial charge in [0.25, 0.3) is 0 Å². The number of ether oxygens (including phenoxy) is 1. The molecule has 0 spiro atoms. The summed E-state index contributed by atoms with van der Waals surface area (Å²) in [6, 6.07) is 0.846. The topological polar surface area (TPSA) is 38.5 Å². The Bertz CT molecular complexity index is 167. The molecular weight excluding hydrogens is 176 g/mol. The molecule has 82 valence electrons. The summed E-state index contributed by atoms with van der Waals surface area (Å²) in [7, 11) is 0. The van der Waals surface area contributed by atoms with Gasteiger partial charge in [0.05, 0.1) is 12.7 Å². The minimum atomic E-state index is 0.398. The van der Waals surface area contributed by atoms with E-state index in [0.29, 0.717) is 6.10 Å². The van der Waals surface area contributed by atoms with E-state index in [-0.39, 0.29) is 0 Å². The van der Waals surface area contributed by atoms with Crippen LogP contribution in [0.1, 0.15) is 32.1 Å². The van der Waals surface area contributed by atoms with Crippen molar-refractivity contribution < 1.29 is 4.74 Å². The van der Waals surface area contributed by atoms with Gasteiger partial charge in [-0.3, -0.25) is 4.90 Å². The maximum Gasteiger partial charge on any atom is 0.0714 e. The Hall–Kier alpha value is -0.120. The van der Waals surface area contributed by atoms with Crippen LogP contribution in [-0.4, -0.2) is 43.3 Å². The summed E-state index contributed by atoms with van der Waals surface area (Å²) in [6.07, 6.45) is 7.05. The smallest absolute Gasteiger partial charge is 0.0714 e. The summed E-state index contributed by atoms with van der Waals surface area (Å²) >= 11 is 0. The predicted molar refractivity (Wildman–Crippen MR) is 57.2 cm³/mol. The molecule has 1 aliphatic carbocycles. The van der Waals surface area contributed by atoms with Crippen molar-refractivity contribution in [3.8, 4) is 0 Å². The van der Waals surface area contributed by atoms with Gasteiger partial charge in [0.1, 0.15) is 0 Å². The fourth-order valence-electron chi connectivity index (χ4n) is 2.70. The van der Waals surface area contributed by atoms with E-state index in [2.05, 4.69) is 4.90 Å². The highest BCUT2D eigenvalue weighted by Gasteiger charge is 2.27. The van der Waals surface area contributed by atoms with Crippen LogP contribution in [0.3, 0.4) is 0 Å². The lowest BCUT2D eigenvalue weighted by Gasteiger charge is -2.36. The van der Waals surface area contributed by atoms with Crippen LogP contribution in [0.25, 0.3) is 0 Å². The molecule has 14 heavy (non-hydrogen) atoms. The Morgan fingerprint density at radius 1 is 1.29 bits per heavy atom. The molecule has 1 saturated carbocycles. The summed E-state index contributed by atoms with van der Waals surface area (Å²) in [4.78, 5) is 2.62. The molecule has 0 aromatic carbocycles. The predicted octanol–water partition coefficient (Wildman–Crippen LogP) is 0.979. The molecule has 2 rings (SSSR count). The zero-order valence-corrected chi connectivity index (χ0v) is 8.95. The van der Waals surface area contributed by atoms with E-state index in [9.17, 15) is 0 Å². The summed E-state index contributed by atoms with van der Waals surface area (Å²) in [5.41, 5.74) is 5.56. The lowest BCUT2D eigenvalue weighted by atomic mass is 10.1. The van der Waals surface area contributed by atoms with Crippen LogP contribution in [0.5, 0.6) is 0 Å². The SMILES string of the molecule is NCCC1CN(C2CCCC2)CCO1. The van der Waals surface area contributed by atoms with E-state index in [0.717, 1.165) is 38.7 Å². The second kappa shape index (κ2) is 5.10. The number of nitrogens with zero attached hydrogens (tertiary/aromatic N) is 1. The highest BCUT2D eigenvalue weighted by molar-refractivity contribution is 4.81. The molecule has 2 fully saturated rings. The van der Waals surface area contributed by atoms with E-state index < -0.39 is 0 Å². The van der Waals surface area contributed by atoms with Gasteiger partial charge in [-0.1, -0.05) is 12.8 Å². The van der Waals surface area contributed by atoms with Gasteiger partial charge in [0.15, 0.2) is 0 Å². The normalized spacial score (nSPS) is 31.1. The largest absolute Gasteiger partial charge is 0.376 e. The summed E-state index contributed by atoms with van der Waals surface area (Å²) < 4.78 is 5.69. The molecule has 2 N–H and O–H groups in total. The highest BCUT2D eigenvalue weighted by atomic mass is 16.5. The molecule has 1 atom stereocenters. The standard InChI is InChI=1S/C11H22N2O/c12-6-5-11-9-13(7-8-14-11)10-3-1-2-4-10/h10-11H,1-9,12H2. The first-order chi connectivity index (χ1) is 6.90. The molecular formula is C11H22N2O. The van der Waals surface area contributed by atoms with Gasteiger partial charge in [-0.25, -0.2) is 0 Å². The summed E-state index contributed by atoms with van der Waals surface area (Å²) in [5, 5.41) is 0. The first-order valence-corrected chi connectivity index (χ1v) is 5.96. The Balaban J connectivity index is 1.80. The third kappa shape index (κ3) is 2.47. The average Bonchev–Trinajstić information content (AvgIpc) is 2.71. The van der Waals surface area contributed by atoms with Gasteiger partial charge in [-0.2, -0.15) is 0 Å². The number of nitrogens with two attached hydrogens (primary N) is 1. The molecule has 0 radical (unpaired) electrons. The number of hydrogen-bond donors (Lipinski definition) is 1. The summed E-state index contributed by atoms with van der Waals surface area (Å²) in [6.45, 7) is 3.90. The molecule has 0 bridgehead atoms. The molecule has 1 saturated heterocycles. The highest BCUT2D eigenvalue weighted by Crippen LogP contribution is 2.25. The van der Waals surface area contributed by atoms with Gasteiger partial charge >= 0.3 is 0 Å². The van der Waals surface area contributed by atoms with Crippen LogP contribution in [0.4, 0.5) is 0 Å². The number of rotatable bonds is 3. The van der Waals surface area contributed by atoms with Crippen molar-refractivity contribution in [1.29, 1.82) is 0 Å². The van der Waals surface area contributed by atoms with E-state index >= 15 is 0 Å². The van der Waals surface area contributed by atoms with Crippen LogP contribution in [0, 0.1) is 0 Å². The minimum Gasteiger partial charge on any atom is -0.376 e. The van der Waals surface area contributed by atoms with Crippen molar-refractivity contribution in [1.82, 2.24) is 4.90 Å². The molecule has 1 unspecified atom stereocenters. The third-order valence-corrected chi connectivity index (χ3v) is 3.50. The zero-order chi connectivity index (χ0) is 9.80. The first-order valence-electron chi connectivity index (χ1n) is 5.96. The molecule has 3 heteroatoms. The molecule has 0 amide bonds. The maximum absolute atomic E-state index is 5.69. The second-order valence-electron chi connectivity index (χ2n) is 4.50. The van der Waals surface area contributed by atoms with Crippen molar-refractivity contribution in [2.75, 3.05) is 26.2 Å². The molecule has 3 nitrogen and oxygen atoms in total. The van der Waals surface area contributed by atoms with Gasteiger partial charge in [0.2, 0.25) is 0 Å². The maximum atomic E-state index is 5.69. The number of hydrogen-bond acceptors (Lipinski definition) is 3. The Morgan fingerprint density at radius 2 is 2.07 bits per heavy atom. The van der Waals surface area contributed by atoms with Gasteiger partial charge in [0, 0.05) is 19.1 Å². The van der Waals surface area contributed by atoms with E-state index in [1.54, 1.807) is 0 Å². The molecule has 2 aliphatic rings. The molecule has 0 aromatic rings. The Labute approximate surface area is 86.6 Å². The quantitative estimate of drug-likeness (QED) is 0.734. The van der Waals surface area contributed by atoms with Gasteiger partial charge < -0.3 is 10.5 Å². The van der Waals surface area contributed by atoms with E-state index in [1.807, 2.05) is 0 Å². The first kappa shape index (κ1) is 10.4. The van der Waals surface area contributed by atoms with Crippen LogP contribution < -0.4 is 5.73 Å². The lowest BCUT2D eigenvalue weighted by Crippen LogP contribution is -2.47. The Kier molecular flexibility index (Phi) is 3.79. The third-order valence-electron chi connectivity index (χ3n) is 3.50. The molecule has 1 aliphatic heterocycles. The second-order valence-corrected chi connectivity index (χ2v) is 4.50. The van der Waals surface area contributed by atoms with Gasteiger partial charge in [-0.15, -0.1) is 0 Å². The van der Waals surface area contributed by atoms with Gasteiger partial charge in [-0.05, 0) is 25.8 Å². The fraction of sp³-hybridized carbons (Fsp3) is 1.00. The van der Waals surface area contributed by atoms with Crippen molar-refractivity contribution in [2.45, 2.75) is 44.2 Å². The molecule has 0 aromatic heterocycles. The van der Waals surface area contributed by atoms with Crippen molar-refractivity contribution in [2.24, 2.45) is 5.73 Å². The van der Waals surface area contributed by atoms with Crippen molar-refractivity contribution >= 4 is 0 Å². The van der Waals surface area contributed by atoms with Crippen LogP contribution in [0.2, 0.25) is 0 Å². The van der Waals surface area contributed by atoms with E-state index in [4.69, 9.17) is 10.5 Å². The minimum absolute atomic E-state index is 0.398. The zero-order valence-electron chi connectivity index (χ0n) is 8.95. The Morgan fingerprint density at radius 3 is 2.79 bits per heavy atom. The monoisotopic (exact) mass is 198 g/mol. The lowest BCUT2D eigenvalue weighted by molar-refractivity contribution is -0.0443.